The Morgan fingerprint density at radius 2 is 1.62 bits per heavy atom. The fraction of sp³-hybridized carbons (Fsp3) is 0.263. The summed E-state index contributed by atoms with van der Waals surface area (Å²) in [6.45, 7) is -0.611. The van der Waals surface area contributed by atoms with Crippen molar-refractivity contribution in [2.45, 2.75) is 18.9 Å². The lowest BCUT2D eigenvalue weighted by Gasteiger charge is -2.17. The number of nitrogens with one attached hydrogen (secondary N) is 2. The molecule has 7 nitrogen and oxygen atoms in total. The molecule has 0 heterocycles. The number of aliphatic hydroxyl groups is 2. The van der Waals surface area contributed by atoms with Gasteiger partial charge in [0.15, 0.2) is 0 Å². The number of carbonyl (C=O) groups excluding carboxylic acids is 2. The van der Waals surface area contributed by atoms with Crippen LogP contribution in [0.15, 0.2) is 54.6 Å². The molecular weight excluding hydrogens is 336 g/mol. The zero-order valence-electron chi connectivity index (χ0n) is 14.2. The minimum absolute atomic E-state index is 0.0930. The van der Waals surface area contributed by atoms with E-state index in [0.717, 1.165) is 0 Å². The molecule has 0 radical (unpaired) electrons. The van der Waals surface area contributed by atoms with E-state index in [1.807, 2.05) is 30.3 Å². The van der Waals surface area contributed by atoms with Crippen molar-refractivity contribution in [1.82, 2.24) is 10.6 Å². The second-order valence-corrected chi connectivity index (χ2v) is 5.53. The average molecular weight is 358 g/mol. The van der Waals surface area contributed by atoms with Gasteiger partial charge in [-0.15, -0.1) is 0 Å². The number of ether oxygens (including phenoxy) is 1. The summed E-state index contributed by atoms with van der Waals surface area (Å²) in [4.78, 5) is 24.2. The lowest BCUT2D eigenvalue weighted by atomic mass is 10.1. The van der Waals surface area contributed by atoms with E-state index in [1.54, 1.807) is 24.3 Å². The SMILES string of the molecule is O=C(N[C@@H](CCCO)C(=O)NCO)c1ccc(Oc2ccccc2)cc1. The first-order valence-corrected chi connectivity index (χ1v) is 8.27. The highest BCUT2D eigenvalue weighted by Gasteiger charge is 2.20. The van der Waals surface area contributed by atoms with Crippen LogP contribution in [0.5, 0.6) is 11.5 Å². The van der Waals surface area contributed by atoms with Crippen LogP contribution in [0.1, 0.15) is 23.2 Å². The molecule has 0 saturated carbocycles. The number of para-hydroxylation sites is 1. The molecule has 2 amide bonds. The molecule has 0 saturated heterocycles. The number of benzene rings is 2. The van der Waals surface area contributed by atoms with Crippen molar-refractivity contribution >= 4 is 11.8 Å². The molecule has 0 aliphatic carbocycles. The predicted octanol–water partition coefficient (Wildman–Crippen LogP) is 1.42. The van der Waals surface area contributed by atoms with Gasteiger partial charge in [0, 0.05) is 12.2 Å². The average Bonchev–Trinajstić information content (AvgIpc) is 2.66. The molecule has 2 aromatic rings. The van der Waals surface area contributed by atoms with Gasteiger partial charge >= 0.3 is 0 Å². The number of hydrogen-bond acceptors (Lipinski definition) is 5. The highest BCUT2D eigenvalue weighted by atomic mass is 16.5. The maximum Gasteiger partial charge on any atom is 0.251 e. The van der Waals surface area contributed by atoms with Crippen LogP contribution >= 0.6 is 0 Å². The third-order valence-corrected chi connectivity index (χ3v) is 3.62. The third kappa shape index (κ3) is 5.87. The molecule has 2 aromatic carbocycles. The standard InChI is InChI=1S/C19H22N2O5/c22-12-4-7-17(19(25)20-13-23)21-18(24)14-8-10-16(11-9-14)26-15-5-2-1-3-6-15/h1-3,5-6,8-11,17,22-23H,4,7,12-13H2,(H,20,25)(H,21,24)/t17-/m0/s1. The molecule has 0 aliphatic heterocycles. The number of amides is 2. The first kappa shape index (κ1) is 19.4. The minimum Gasteiger partial charge on any atom is -0.457 e. The quantitative estimate of drug-likeness (QED) is 0.507. The Balaban J connectivity index is 1.99. The van der Waals surface area contributed by atoms with Crippen molar-refractivity contribution in [3.63, 3.8) is 0 Å². The van der Waals surface area contributed by atoms with Crippen molar-refractivity contribution in [3.05, 3.63) is 60.2 Å². The van der Waals surface area contributed by atoms with Gasteiger partial charge in [0.1, 0.15) is 24.3 Å². The molecule has 138 valence electrons. The van der Waals surface area contributed by atoms with E-state index in [0.29, 0.717) is 23.5 Å². The van der Waals surface area contributed by atoms with Crippen LogP contribution in [-0.4, -0.2) is 41.4 Å². The van der Waals surface area contributed by atoms with Crippen LogP contribution in [0.4, 0.5) is 0 Å². The van der Waals surface area contributed by atoms with Gasteiger partial charge in [0.2, 0.25) is 5.91 Å². The van der Waals surface area contributed by atoms with Gasteiger partial charge in [-0.05, 0) is 49.2 Å². The van der Waals surface area contributed by atoms with E-state index >= 15 is 0 Å². The summed E-state index contributed by atoms with van der Waals surface area (Å²) in [5, 5.41) is 22.6. The lowest BCUT2D eigenvalue weighted by Crippen LogP contribution is -2.47. The van der Waals surface area contributed by atoms with Gasteiger partial charge < -0.3 is 25.6 Å². The van der Waals surface area contributed by atoms with Gasteiger partial charge in [0.25, 0.3) is 5.91 Å². The highest BCUT2D eigenvalue weighted by molar-refractivity contribution is 5.97. The third-order valence-electron chi connectivity index (χ3n) is 3.62. The smallest absolute Gasteiger partial charge is 0.251 e. The molecule has 0 spiro atoms. The summed E-state index contributed by atoms with van der Waals surface area (Å²) >= 11 is 0. The number of aliphatic hydroxyl groups excluding tert-OH is 2. The molecule has 7 heteroatoms. The number of rotatable bonds is 9. The first-order valence-electron chi connectivity index (χ1n) is 8.27. The second kappa shape index (κ2) is 10.2. The maximum atomic E-state index is 12.3. The van der Waals surface area contributed by atoms with Gasteiger partial charge in [-0.2, -0.15) is 0 Å². The molecular formula is C19H22N2O5. The van der Waals surface area contributed by atoms with Crippen molar-refractivity contribution in [2.75, 3.05) is 13.3 Å². The lowest BCUT2D eigenvalue weighted by molar-refractivity contribution is -0.124. The molecule has 2 rings (SSSR count). The Kier molecular flexibility index (Phi) is 7.60. The zero-order chi connectivity index (χ0) is 18.8. The van der Waals surface area contributed by atoms with E-state index in [9.17, 15) is 9.59 Å². The van der Waals surface area contributed by atoms with Gasteiger partial charge in [-0.25, -0.2) is 0 Å². The van der Waals surface area contributed by atoms with E-state index in [-0.39, 0.29) is 13.0 Å². The molecule has 0 fully saturated rings. The Bertz CT molecular complexity index is 704. The van der Waals surface area contributed by atoms with Crippen LogP contribution in [-0.2, 0) is 4.79 Å². The Morgan fingerprint density at radius 1 is 0.962 bits per heavy atom. The second-order valence-electron chi connectivity index (χ2n) is 5.53. The molecule has 0 aliphatic rings. The fourth-order valence-corrected chi connectivity index (χ4v) is 2.31. The first-order chi connectivity index (χ1) is 12.6. The largest absolute Gasteiger partial charge is 0.457 e. The van der Waals surface area contributed by atoms with Crippen LogP contribution in [0, 0.1) is 0 Å². The topological polar surface area (TPSA) is 108 Å². The van der Waals surface area contributed by atoms with Crippen LogP contribution in [0.25, 0.3) is 0 Å². The summed E-state index contributed by atoms with van der Waals surface area (Å²) in [6.07, 6.45) is 0.622. The molecule has 0 unspecified atom stereocenters. The predicted molar refractivity (Wildman–Crippen MR) is 95.8 cm³/mol. The fourth-order valence-electron chi connectivity index (χ4n) is 2.31. The van der Waals surface area contributed by atoms with Crippen molar-refractivity contribution < 1.29 is 24.5 Å². The zero-order valence-corrected chi connectivity index (χ0v) is 14.2. The summed E-state index contributed by atoms with van der Waals surface area (Å²) in [6, 6.07) is 15.0. The van der Waals surface area contributed by atoms with E-state index in [1.165, 1.54) is 0 Å². The number of carbonyl (C=O) groups is 2. The maximum absolute atomic E-state index is 12.3. The van der Waals surface area contributed by atoms with Crippen LogP contribution in [0.2, 0.25) is 0 Å². The molecule has 0 aromatic heterocycles. The Morgan fingerprint density at radius 3 is 2.23 bits per heavy atom. The van der Waals surface area contributed by atoms with Crippen LogP contribution < -0.4 is 15.4 Å². The van der Waals surface area contributed by atoms with E-state index in [2.05, 4.69) is 10.6 Å². The summed E-state index contributed by atoms with van der Waals surface area (Å²) in [5.41, 5.74) is 0.371. The minimum atomic E-state index is -0.831. The van der Waals surface area contributed by atoms with E-state index < -0.39 is 24.6 Å². The van der Waals surface area contributed by atoms with Crippen molar-refractivity contribution in [2.24, 2.45) is 0 Å². The van der Waals surface area contributed by atoms with Crippen molar-refractivity contribution in [1.29, 1.82) is 0 Å². The van der Waals surface area contributed by atoms with Gasteiger partial charge in [-0.3, -0.25) is 9.59 Å². The Labute approximate surface area is 151 Å². The molecule has 4 N–H and O–H groups in total. The van der Waals surface area contributed by atoms with E-state index in [4.69, 9.17) is 14.9 Å². The monoisotopic (exact) mass is 358 g/mol. The summed E-state index contributed by atoms with van der Waals surface area (Å²) < 4.78 is 5.67. The molecule has 0 bridgehead atoms. The summed E-state index contributed by atoms with van der Waals surface area (Å²) in [5.74, 6) is 0.350. The van der Waals surface area contributed by atoms with Crippen LogP contribution in [0.3, 0.4) is 0 Å². The van der Waals surface area contributed by atoms with Gasteiger partial charge in [-0.1, -0.05) is 18.2 Å². The highest BCUT2D eigenvalue weighted by Crippen LogP contribution is 2.21. The number of hydrogen-bond donors (Lipinski definition) is 4. The molecule has 26 heavy (non-hydrogen) atoms. The van der Waals surface area contributed by atoms with Gasteiger partial charge in [0.05, 0.1) is 0 Å². The van der Waals surface area contributed by atoms with Crippen molar-refractivity contribution in [3.8, 4) is 11.5 Å². The normalized spacial score (nSPS) is 11.5. The Hall–Kier alpha value is -2.90. The summed E-state index contributed by atoms with van der Waals surface area (Å²) in [7, 11) is 0. The molecule has 1 atom stereocenters.